The number of aromatic amines is 2. The Balaban J connectivity index is 1.41. The number of piperidine rings is 3. The first-order valence-electron chi connectivity index (χ1n) is 14.9. The van der Waals surface area contributed by atoms with Crippen LogP contribution in [0.15, 0.2) is 77.9 Å². The predicted octanol–water partition coefficient (Wildman–Crippen LogP) is 5.44. The van der Waals surface area contributed by atoms with Crippen LogP contribution >= 0.6 is 0 Å². The van der Waals surface area contributed by atoms with E-state index in [1.807, 2.05) is 54.1 Å². The van der Waals surface area contributed by atoms with E-state index in [9.17, 15) is 14.7 Å². The van der Waals surface area contributed by atoms with Gasteiger partial charge < -0.3 is 29.9 Å². The molecule has 220 valence electrons. The molecule has 4 N–H and O–H groups in total. The number of benzene rings is 3. The van der Waals surface area contributed by atoms with E-state index >= 15 is 0 Å². The molecule has 2 bridgehead atoms. The van der Waals surface area contributed by atoms with Gasteiger partial charge in [0.15, 0.2) is 0 Å². The number of para-hydroxylation sites is 2. The van der Waals surface area contributed by atoms with Gasteiger partial charge in [0.05, 0.1) is 33.5 Å². The van der Waals surface area contributed by atoms with Crippen molar-refractivity contribution in [3.8, 4) is 28.2 Å². The van der Waals surface area contributed by atoms with Gasteiger partial charge in [0.2, 0.25) is 0 Å². The summed E-state index contributed by atoms with van der Waals surface area (Å²) in [5.41, 5.74) is 5.81. The second kappa shape index (κ2) is 10.2. The third-order valence-corrected chi connectivity index (χ3v) is 9.25. The molecule has 1 atom stereocenters. The summed E-state index contributed by atoms with van der Waals surface area (Å²) in [6.45, 7) is 5.04. The lowest BCUT2D eigenvalue weighted by molar-refractivity contribution is 0.0697. The summed E-state index contributed by atoms with van der Waals surface area (Å²) in [5, 5.41) is 14.5. The molecule has 3 aromatic carbocycles. The zero-order valence-electron chi connectivity index (χ0n) is 24.2. The number of carbonyl (C=O) groups is 1. The van der Waals surface area contributed by atoms with Crippen molar-refractivity contribution in [3.05, 3.63) is 94.8 Å². The fraction of sp³-hybridized carbons (Fsp3) is 0.235. The Bertz CT molecular complexity index is 2100. The Hall–Kier alpha value is -5.22. The fourth-order valence-corrected chi connectivity index (χ4v) is 6.98. The maximum absolute atomic E-state index is 14.0. The molecule has 9 rings (SSSR count). The highest BCUT2D eigenvalue weighted by Crippen LogP contribution is 2.39. The Morgan fingerprint density at radius 2 is 1.86 bits per heavy atom. The summed E-state index contributed by atoms with van der Waals surface area (Å²) >= 11 is 0. The van der Waals surface area contributed by atoms with E-state index in [4.69, 9.17) is 4.98 Å². The third kappa shape index (κ3) is 4.37. The summed E-state index contributed by atoms with van der Waals surface area (Å²) < 4.78 is 1.95. The second-order valence-corrected chi connectivity index (χ2v) is 11.8. The lowest BCUT2D eigenvalue weighted by Crippen LogP contribution is -2.53. The van der Waals surface area contributed by atoms with Gasteiger partial charge in [-0.15, -0.1) is 0 Å². The highest BCUT2D eigenvalue weighted by molar-refractivity contribution is 6.03. The van der Waals surface area contributed by atoms with E-state index in [-0.39, 0.29) is 17.2 Å². The molecule has 0 amide bonds. The maximum atomic E-state index is 14.0. The van der Waals surface area contributed by atoms with Crippen LogP contribution in [0.4, 0.5) is 5.69 Å². The van der Waals surface area contributed by atoms with E-state index < -0.39 is 5.97 Å². The summed E-state index contributed by atoms with van der Waals surface area (Å²) in [5.74, 6) is 0.792. The van der Waals surface area contributed by atoms with Gasteiger partial charge in [-0.1, -0.05) is 24.3 Å². The molecular formula is C34H31N7O3. The van der Waals surface area contributed by atoms with Crippen molar-refractivity contribution in [2.45, 2.75) is 25.8 Å². The molecule has 10 heteroatoms. The number of hydrogen-bond donors (Lipinski definition) is 4. The molecule has 0 spiro atoms. The molecule has 3 aliphatic rings. The Labute approximate surface area is 252 Å². The summed E-state index contributed by atoms with van der Waals surface area (Å²) in [6, 6.07) is 18.9. The number of H-pyrrole nitrogens is 2. The smallest absolute Gasteiger partial charge is 0.335 e. The van der Waals surface area contributed by atoms with E-state index in [1.165, 1.54) is 0 Å². The zero-order chi connectivity index (χ0) is 29.9. The quantitative estimate of drug-likeness (QED) is 0.205. The molecule has 6 heterocycles. The number of fused-ring (bicyclic) bond motifs is 5. The minimum Gasteiger partial charge on any atom is -0.478 e. The third-order valence-electron chi connectivity index (χ3n) is 9.25. The number of nitrogens with one attached hydrogen (secondary N) is 3. The van der Waals surface area contributed by atoms with Crippen LogP contribution in [-0.4, -0.2) is 66.2 Å². The van der Waals surface area contributed by atoms with E-state index in [2.05, 4.69) is 31.2 Å². The average molecular weight is 586 g/mol. The summed E-state index contributed by atoms with van der Waals surface area (Å²) in [4.78, 5) is 44.2. The standard InChI is InChI=1S/C34H31N7O3/c1-19-35-11-14-41(19)29-17-27-24(16-23(29)21-5-4-6-22(15-21)34(43)44)31(36-28-18-40-12-9-20(28)10-13-40)30(33(42)39-27)32-37-25-7-2-3-8-26(25)38-32/h2-8,11,14-17,20,28H,9-10,12-13,18H2,1H3,(H,37,38)(H,43,44)(H2,36,39,42)/t28-/m0/s1. The highest BCUT2D eigenvalue weighted by atomic mass is 16.4. The van der Waals surface area contributed by atoms with Crippen LogP contribution in [0.3, 0.4) is 0 Å². The first-order valence-corrected chi connectivity index (χ1v) is 14.9. The first-order chi connectivity index (χ1) is 21.4. The number of imidazole rings is 2. The first kappa shape index (κ1) is 26.4. The van der Waals surface area contributed by atoms with Crippen LogP contribution in [0.1, 0.15) is 29.0 Å². The molecule has 0 saturated carbocycles. The molecule has 0 aliphatic carbocycles. The number of carboxylic acid groups (broad SMARTS) is 1. The molecule has 0 unspecified atom stereocenters. The Morgan fingerprint density at radius 3 is 2.59 bits per heavy atom. The van der Waals surface area contributed by atoms with E-state index in [1.54, 1.807) is 24.4 Å². The number of pyridine rings is 1. The summed E-state index contributed by atoms with van der Waals surface area (Å²) in [7, 11) is 0. The highest BCUT2D eigenvalue weighted by Gasteiger charge is 2.35. The van der Waals surface area contributed by atoms with Crippen molar-refractivity contribution >= 4 is 33.6 Å². The van der Waals surface area contributed by atoms with Crippen LogP contribution in [-0.2, 0) is 0 Å². The van der Waals surface area contributed by atoms with Gasteiger partial charge in [0.25, 0.3) is 5.56 Å². The van der Waals surface area contributed by atoms with Crippen molar-refractivity contribution < 1.29 is 9.90 Å². The molecule has 3 aliphatic heterocycles. The number of carboxylic acids is 1. The number of aryl methyl sites for hydroxylation is 1. The minimum atomic E-state index is -0.991. The van der Waals surface area contributed by atoms with Crippen LogP contribution in [0.5, 0.6) is 0 Å². The monoisotopic (exact) mass is 585 g/mol. The van der Waals surface area contributed by atoms with Crippen molar-refractivity contribution in [2.24, 2.45) is 5.92 Å². The van der Waals surface area contributed by atoms with Crippen molar-refractivity contribution in [1.29, 1.82) is 0 Å². The van der Waals surface area contributed by atoms with Gasteiger partial charge in [0.1, 0.15) is 17.2 Å². The van der Waals surface area contributed by atoms with Gasteiger partial charge >= 0.3 is 5.97 Å². The van der Waals surface area contributed by atoms with Gasteiger partial charge in [-0.25, -0.2) is 14.8 Å². The van der Waals surface area contributed by atoms with Gasteiger partial charge in [-0.2, -0.15) is 0 Å². The molecular weight excluding hydrogens is 554 g/mol. The van der Waals surface area contributed by atoms with Gasteiger partial charge in [-0.3, -0.25) is 4.79 Å². The number of aromatic nitrogens is 5. The number of aromatic carboxylic acids is 1. The normalized spacial score (nSPS) is 19.5. The molecule has 44 heavy (non-hydrogen) atoms. The lowest BCUT2D eigenvalue weighted by atomic mass is 9.83. The molecule has 3 saturated heterocycles. The van der Waals surface area contributed by atoms with Crippen molar-refractivity contribution in [1.82, 2.24) is 29.4 Å². The van der Waals surface area contributed by atoms with Crippen LogP contribution in [0, 0.1) is 12.8 Å². The maximum Gasteiger partial charge on any atom is 0.335 e. The summed E-state index contributed by atoms with van der Waals surface area (Å²) in [6.07, 6.45) is 5.84. The molecule has 6 aromatic rings. The predicted molar refractivity (Wildman–Crippen MR) is 170 cm³/mol. The second-order valence-electron chi connectivity index (χ2n) is 11.8. The lowest BCUT2D eigenvalue weighted by Gasteiger charge is -2.45. The van der Waals surface area contributed by atoms with Crippen molar-refractivity contribution in [3.63, 3.8) is 0 Å². The van der Waals surface area contributed by atoms with Crippen LogP contribution < -0.4 is 10.9 Å². The Morgan fingerprint density at radius 1 is 1.02 bits per heavy atom. The largest absolute Gasteiger partial charge is 0.478 e. The molecule has 3 fully saturated rings. The SMILES string of the molecule is Cc1nccn1-c1cc2[nH]c(=O)c(-c3nc4ccccc4[nH]3)c(N[C@H]3CN4CCC3CC4)c2cc1-c1cccc(C(=O)O)c1. The number of nitrogens with zero attached hydrogens (tertiary/aromatic N) is 4. The minimum absolute atomic E-state index is 0.181. The van der Waals surface area contributed by atoms with Crippen LogP contribution in [0.2, 0.25) is 0 Å². The number of anilines is 1. The fourth-order valence-electron chi connectivity index (χ4n) is 6.98. The van der Waals surface area contributed by atoms with Crippen molar-refractivity contribution in [2.75, 3.05) is 25.0 Å². The number of hydrogen-bond acceptors (Lipinski definition) is 6. The number of rotatable bonds is 6. The van der Waals surface area contributed by atoms with Gasteiger partial charge in [-0.05, 0) is 80.7 Å². The Kier molecular flexibility index (Phi) is 6.12. The zero-order valence-corrected chi connectivity index (χ0v) is 24.2. The van der Waals surface area contributed by atoms with E-state index in [0.717, 1.165) is 77.2 Å². The van der Waals surface area contributed by atoms with E-state index in [0.29, 0.717) is 22.8 Å². The molecule has 10 nitrogen and oxygen atoms in total. The van der Waals surface area contributed by atoms with Gasteiger partial charge in [0, 0.05) is 35.9 Å². The van der Waals surface area contributed by atoms with Crippen LogP contribution in [0.25, 0.3) is 50.1 Å². The topological polar surface area (TPSA) is 132 Å². The molecule has 3 aromatic heterocycles. The average Bonchev–Trinajstić information content (AvgIpc) is 3.67. The molecule has 0 radical (unpaired) electrons.